The fraction of sp³-hybridized carbons (Fsp3) is 0.0833. The minimum absolute atomic E-state index is 0.370. The number of carbonyl (C=O) groups is 1. The summed E-state index contributed by atoms with van der Waals surface area (Å²) >= 11 is 3.66. The first-order chi connectivity index (χ1) is 8.89. The van der Waals surface area contributed by atoms with E-state index in [0.717, 1.165) is 17.0 Å². The van der Waals surface area contributed by atoms with Crippen LogP contribution >= 0.6 is 12.8 Å². The maximum Gasteiger partial charge on any atom is 0.345 e. The zero-order valence-corrected chi connectivity index (χ0v) is 11.8. The smallest absolute Gasteiger partial charge is 0.306 e. The first-order valence-electron chi connectivity index (χ1n) is 5.37. The minimum atomic E-state index is -3.69. The van der Waals surface area contributed by atoms with E-state index >= 15 is 0 Å². The summed E-state index contributed by atoms with van der Waals surface area (Å²) in [5.41, 5.74) is 0.533. The van der Waals surface area contributed by atoms with Gasteiger partial charge in [0.2, 0.25) is 10.0 Å². The number of fused-ring (bicyclic) bond motifs is 1. The van der Waals surface area contributed by atoms with Crippen molar-refractivity contribution in [3.8, 4) is 0 Å². The quantitative estimate of drug-likeness (QED) is 0.837. The Bertz CT molecular complexity index is 723. The number of anilines is 1. The fourth-order valence-electron chi connectivity index (χ4n) is 1.65. The lowest BCUT2D eigenvalue weighted by Crippen LogP contribution is -2.31. The average Bonchev–Trinajstić information content (AvgIpc) is 2.37. The summed E-state index contributed by atoms with van der Waals surface area (Å²) in [4.78, 5) is 11.8. The lowest BCUT2D eigenvalue weighted by molar-refractivity contribution is 0.249. The van der Waals surface area contributed by atoms with Crippen molar-refractivity contribution in [3.05, 3.63) is 42.5 Å². The van der Waals surface area contributed by atoms with Crippen LogP contribution in [-0.2, 0) is 10.0 Å². The molecule has 2 aromatic rings. The number of hydrogen-bond donors (Lipinski definition) is 2. The summed E-state index contributed by atoms with van der Waals surface area (Å²) in [6.45, 7) is 0. The Kier molecular flexibility index (Phi) is 3.68. The summed E-state index contributed by atoms with van der Waals surface area (Å²) in [6, 6.07) is 12.0. The van der Waals surface area contributed by atoms with Crippen molar-refractivity contribution in [2.75, 3.05) is 11.6 Å². The molecule has 0 aromatic heterocycles. The minimum Gasteiger partial charge on any atom is -0.306 e. The molecule has 0 radical (unpaired) electrons. The van der Waals surface area contributed by atoms with Gasteiger partial charge in [0.15, 0.2) is 0 Å². The second-order valence-corrected chi connectivity index (χ2v) is 6.46. The number of thiol groups is 1. The summed E-state index contributed by atoms with van der Waals surface area (Å²) in [5.74, 6) is 0. The number of hydrogen-bond acceptors (Lipinski definition) is 4. The van der Waals surface area contributed by atoms with E-state index < -0.39 is 16.1 Å². The van der Waals surface area contributed by atoms with Crippen LogP contribution in [0.5, 0.6) is 0 Å². The molecule has 0 atom stereocenters. The number of carbonyl (C=O) groups excluding carboxylic acids is 1. The predicted molar refractivity (Wildman–Crippen MR) is 78.6 cm³/mol. The first-order valence-corrected chi connectivity index (χ1v) is 7.62. The highest BCUT2D eigenvalue weighted by molar-refractivity contribution is 8.00. The van der Waals surface area contributed by atoms with E-state index in [2.05, 4.69) is 18.1 Å². The Morgan fingerprint density at radius 2 is 1.79 bits per heavy atom. The van der Waals surface area contributed by atoms with Crippen molar-refractivity contribution in [1.29, 1.82) is 0 Å². The number of sulfonamides is 1. The van der Waals surface area contributed by atoms with E-state index in [-0.39, 0.29) is 0 Å². The third-order valence-electron chi connectivity index (χ3n) is 2.52. The molecule has 1 N–H and O–H groups in total. The molecule has 0 bridgehead atoms. The molecule has 0 saturated heterocycles. The molecular formula is C12H12N2O3S2. The lowest BCUT2D eigenvalue weighted by atomic mass is 10.1. The van der Waals surface area contributed by atoms with Gasteiger partial charge in [0.1, 0.15) is 0 Å². The van der Waals surface area contributed by atoms with Crippen molar-refractivity contribution in [1.82, 2.24) is 3.71 Å². The number of urea groups is 1. The number of nitrogens with zero attached hydrogens (tertiary/aromatic N) is 1. The van der Waals surface area contributed by atoms with Crippen LogP contribution in [-0.4, -0.2) is 24.4 Å². The largest absolute Gasteiger partial charge is 0.345 e. The molecule has 7 heteroatoms. The van der Waals surface area contributed by atoms with Crippen LogP contribution in [0.15, 0.2) is 42.5 Å². The number of amides is 2. The molecule has 100 valence electrons. The normalized spacial score (nSPS) is 11.3. The highest BCUT2D eigenvalue weighted by Gasteiger charge is 2.20. The van der Waals surface area contributed by atoms with Gasteiger partial charge in [0.25, 0.3) is 0 Å². The van der Waals surface area contributed by atoms with E-state index in [1.807, 2.05) is 30.3 Å². The van der Waals surface area contributed by atoms with Crippen molar-refractivity contribution >= 4 is 45.3 Å². The van der Waals surface area contributed by atoms with Gasteiger partial charge in [0.05, 0.1) is 11.9 Å². The molecule has 19 heavy (non-hydrogen) atoms. The Morgan fingerprint density at radius 1 is 1.16 bits per heavy atom. The summed E-state index contributed by atoms with van der Waals surface area (Å²) in [6.07, 6.45) is 0.905. The molecule has 0 heterocycles. The Morgan fingerprint density at radius 3 is 2.47 bits per heavy atom. The van der Waals surface area contributed by atoms with Gasteiger partial charge in [-0.1, -0.05) is 36.4 Å². The molecule has 0 spiro atoms. The van der Waals surface area contributed by atoms with Crippen LogP contribution in [0.2, 0.25) is 0 Å². The standard InChI is InChI=1S/C12H12N2O3S2/c1-19(16,17)14(18)12(15)13-11-8-4-6-9-5-2-3-7-10(9)11/h2-8,18H,1H3,(H,13,15). The molecule has 2 amide bonds. The van der Waals surface area contributed by atoms with Gasteiger partial charge >= 0.3 is 6.03 Å². The van der Waals surface area contributed by atoms with E-state index in [9.17, 15) is 13.2 Å². The zero-order chi connectivity index (χ0) is 14.0. The van der Waals surface area contributed by atoms with E-state index in [4.69, 9.17) is 0 Å². The summed E-state index contributed by atoms with van der Waals surface area (Å²) in [5, 5.41) is 4.30. The molecular weight excluding hydrogens is 284 g/mol. The Balaban J connectivity index is 2.35. The third-order valence-corrected chi connectivity index (χ3v) is 4.38. The second kappa shape index (κ2) is 5.10. The van der Waals surface area contributed by atoms with Crippen molar-refractivity contribution in [2.24, 2.45) is 0 Å². The van der Waals surface area contributed by atoms with Gasteiger partial charge in [-0.3, -0.25) is 0 Å². The highest BCUT2D eigenvalue weighted by Crippen LogP contribution is 2.23. The van der Waals surface area contributed by atoms with Gasteiger partial charge in [-0.05, 0) is 24.3 Å². The topological polar surface area (TPSA) is 66.5 Å². The van der Waals surface area contributed by atoms with E-state index in [1.54, 1.807) is 12.1 Å². The molecule has 0 saturated carbocycles. The average molecular weight is 296 g/mol. The highest BCUT2D eigenvalue weighted by atomic mass is 32.3. The van der Waals surface area contributed by atoms with Crippen LogP contribution in [0, 0.1) is 0 Å². The SMILES string of the molecule is CS(=O)(=O)N(S)C(=O)Nc1cccc2ccccc12. The maximum atomic E-state index is 11.8. The van der Waals surface area contributed by atoms with Gasteiger partial charge < -0.3 is 5.32 Å². The third kappa shape index (κ3) is 2.99. The van der Waals surface area contributed by atoms with Crippen LogP contribution < -0.4 is 5.32 Å². The molecule has 0 aliphatic rings. The van der Waals surface area contributed by atoms with Crippen molar-refractivity contribution in [3.63, 3.8) is 0 Å². The van der Waals surface area contributed by atoms with E-state index in [1.165, 1.54) is 0 Å². The molecule has 2 rings (SSSR count). The number of rotatable bonds is 2. The zero-order valence-electron chi connectivity index (χ0n) is 10.1. The van der Waals surface area contributed by atoms with Gasteiger partial charge in [-0.15, -0.1) is 0 Å². The van der Waals surface area contributed by atoms with Crippen LogP contribution in [0.3, 0.4) is 0 Å². The lowest BCUT2D eigenvalue weighted by Gasteiger charge is -2.15. The van der Waals surface area contributed by atoms with Crippen molar-refractivity contribution < 1.29 is 13.2 Å². The van der Waals surface area contributed by atoms with Crippen LogP contribution in [0.4, 0.5) is 10.5 Å². The fourth-order valence-corrected chi connectivity index (χ4v) is 2.04. The first kappa shape index (κ1) is 13.7. The Labute approximate surface area is 116 Å². The van der Waals surface area contributed by atoms with Gasteiger partial charge in [-0.2, -0.15) is 3.71 Å². The summed E-state index contributed by atoms with van der Waals surface area (Å²) < 4.78 is 22.8. The van der Waals surface area contributed by atoms with Gasteiger partial charge in [-0.25, -0.2) is 13.2 Å². The molecule has 0 unspecified atom stereocenters. The maximum absolute atomic E-state index is 11.8. The number of benzene rings is 2. The monoisotopic (exact) mass is 296 g/mol. The van der Waals surface area contributed by atoms with Crippen LogP contribution in [0.25, 0.3) is 10.8 Å². The van der Waals surface area contributed by atoms with Gasteiger partial charge in [0, 0.05) is 5.39 Å². The second-order valence-electron chi connectivity index (χ2n) is 3.96. The van der Waals surface area contributed by atoms with Crippen LogP contribution in [0.1, 0.15) is 0 Å². The molecule has 2 aromatic carbocycles. The van der Waals surface area contributed by atoms with E-state index in [0.29, 0.717) is 9.40 Å². The molecule has 5 nitrogen and oxygen atoms in total. The Hall–Kier alpha value is -1.73. The summed E-state index contributed by atoms with van der Waals surface area (Å²) in [7, 11) is -3.69. The molecule has 0 fully saturated rings. The molecule has 0 aliphatic heterocycles. The molecule has 0 aliphatic carbocycles. The number of nitrogens with one attached hydrogen (secondary N) is 1. The van der Waals surface area contributed by atoms with Crippen molar-refractivity contribution in [2.45, 2.75) is 0 Å². The predicted octanol–water partition coefficient (Wildman–Crippen LogP) is 2.48.